The molecule has 2 rings (SSSR count). The minimum absolute atomic E-state index is 0.954. The number of rotatable bonds is 4. The van der Waals surface area contributed by atoms with E-state index in [1.54, 1.807) is 0 Å². The summed E-state index contributed by atoms with van der Waals surface area (Å²) in [6.45, 7) is 6.64. The molecule has 15 heavy (non-hydrogen) atoms. The van der Waals surface area contributed by atoms with E-state index in [4.69, 9.17) is 0 Å². The molecule has 0 atom stereocenters. The van der Waals surface area contributed by atoms with Gasteiger partial charge in [-0.2, -0.15) is 0 Å². The second kappa shape index (κ2) is 4.80. The van der Waals surface area contributed by atoms with Crippen molar-refractivity contribution in [3.8, 4) is 0 Å². The van der Waals surface area contributed by atoms with E-state index in [-0.39, 0.29) is 0 Å². The van der Waals surface area contributed by atoms with Crippen molar-refractivity contribution in [2.75, 3.05) is 6.54 Å². The van der Waals surface area contributed by atoms with Crippen LogP contribution in [0.25, 0.3) is 0 Å². The smallest absolute Gasteiger partial charge is 0.0208 e. The van der Waals surface area contributed by atoms with Crippen molar-refractivity contribution in [2.45, 2.75) is 39.7 Å². The lowest BCUT2D eigenvalue weighted by atomic mass is 9.85. The van der Waals surface area contributed by atoms with Crippen molar-refractivity contribution in [3.63, 3.8) is 0 Å². The second-order valence-electron chi connectivity index (χ2n) is 4.79. The number of nitrogens with one attached hydrogen (secondary N) is 1. The van der Waals surface area contributed by atoms with Crippen LogP contribution >= 0.6 is 0 Å². The Morgan fingerprint density at radius 2 is 2.07 bits per heavy atom. The molecule has 1 aromatic carbocycles. The Kier molecular flexibility index (Phi) is 3.42. The van der Waals surface area contributed by atoms with Crippen LogP contribution in [0.5, 0.6) is 0 Å². The minimum atomic E-state index is 0.954. The first kappa shape index (κ1) is 10.7. The van der Waals surface area contributed by atoms with Gasteiger partial charge in [-0.1, -0.05) is 24.6 Å². The van der Waals surface area contributed by atoms with Gasteiger partial charge in [-0.05, 0) is 55.8 Å². The molecule has 1 aromatic rings. The van der Waals surface area contributed by atoms with E-state index in [0.717, 1.165) is 12.5 Å². The lowest BCUT2D eigenvalue weighted by molar-refractivity contribution is 0.301. The van der Waals surface area contributed by atoms with E-state index in [9.17, 15) is 0 Å². The molecule has 0 saturated heterocycles. The summed E-state index contributed by atoms with van der Waals surface area (Å²) in [6, 6.07) is 6.57. The third kappa shape index (κ3) is 2.60. The quantitative estimate of drug-likeness (QED) is 0.792. The summed E-state index contributed by atoms with van der Waals surface area (Å²) in [7, 11) is 0. The number of hydrogen-bond donors (Lipinski definition) is 1. The van der Waals surface area contributed by atoms with Crippen LogP contribution in [0.4, 0.5) is 0 Å². The Hall–Kier alpha value is -0.820. The molecule has 1 heteroatoms. The molecule has 1 N–H and O–H groups in total. The first-order valence-corrected chi connectivity index (χ1v) is 6.03. The van der Waals surface area contributed by atoms with Crippen molar-refractivity contribution in [1.82, 2.24) is 5.32 Å². The predicted molar refractivity (Wildman–Crippen MR) is 65.0 cm³/mol. The molecule has 1 aliphatic rings. The third-order valence-electron chi connectivity index (χ3n) is 3.69. The van der Waals surface area contributed by atoms with E-state index in [1.807, 2.05) is 0 Å². The first-order chi connectivity index (χ1) is 7.27. The Morgan fingerprint density at radius 1 is 1.27 bits per heavy atom. The van der Waals surface area contributed by atoms with Gasteiger partial charge in [-0.15, -0.1) is 0 Å². The molecule has 0 radical (unpaired) electrons. The Balaban J connectivity index is 1.84. The van der Waals surface area contributed by atoms with Gasteiger partial charge in [0, 0.05) is 6.54 Å². The highest BCUT2D eigenvalue weighted by atomic mass is 14.9. The number of aryl methyl sites for hydroxylation is 1. The summed E-state index contributed by atoms with van der Waals surface area (Å²) in [5, 5.41) is 3.57. The molecule has 82 valence electrons. The fourth-order valence-electron chi connectivity index (χ4n) is 2.11. The van der Waals surface area contributed by atoms with Crippen LogP contribution in [0.1, 0.15) is 36.0 Å². The van der Waals surface area contributed by atoms with E-state index in [2.05, 4.69) is 37.4 Å². The maximum Gasteiger partial charge on any atom is 0.0208 e. The van der Waals surface area contributed by atoms with E-state index in [0.29, 0.717) is 0 Å². The first-order valence-electron chi connectivity index (χ1n) is 6.03. The lowest BCUT2D eigenvalue weighted by Crippen LogP contribution is -2.27. The van der Waals surface area contributed by atoms with Crippen molar-refractivity contribution in [2.24, 2.45) is 5.92 Å². The molecule has 0 unspecified atom stereocenters. The van der Waals surface area contributed by atoms with Gasteiger partial charge in [-0.25, -0.2) is 0 Å². The molecule has 0 aromatic heterocycles. The van der Waals surface area contributed by atoms with Gasteiger partial charge in [0.05, 0.1) is 0 Å². The molecule has 0 aliphatic heterocycles. The van der Waals surface area contributed by atoms with Gasteiger partial charge in [0.1, 0.15) is 0 Å². The molecule has 1 fully saturated rings. The Bertz CT molecular complexity index is 326. The largest absolute Gasteiger partial charge is 0.312 e. The maximum atomic E-state index is 3.57. The van der Waals surface area contributed by atoms with Crippen LogP contribution in [0.15, 0.2) is 18.2 Å². The lowest BCUT2D eigenvalue weighted by Gasteiger charge is -2.25. The molecule has 0 heterocycles. The van der Waals surface area contributed by atoms with E-state index < -0.39 is 0 Å². The molecule has 0 spiro atoms. The molecular weight excluding hydrogens is 182 g/mol. The fourth-order valence-corrected chi connectivity index (χ4v) is 2.11. The van der Waals surface area contributed by atoms with Crippen molar-refractivity contribution in [3.05, 3.63) is 34.9 Å². The molecular formula is C14H21N. The predicted octanol–water partition coefficient (Wildman–Crippen LogP) is 3.19. The molecule has 1 nitrogen and oxygen atoms in total. The van der Waals surface area contributed by atoms with Crippen LogP contribution in [-0.2, 0) is 6.54 Å². The zero-order valence-electron chi connectivity index (χ0n) is 9.84. The zero-order valence-corrected chi connectivity index (χ0v) is 9.84. The topological polar surface area (TPSA) is 12.0 Å². The summed E-state index contributed by atoms with van der Waals surface area (Å²) in [5.74, 6) is 0.954. The van der Waals surface area contributed by atoms with Gasteiger partial charge in [0.15, 0.2) is 0 Å². The van der Waals surface area contributed by atoms with Crippen molar-refractivity contribution < 1.29 is 0 Å². The highest BCUT2D eigenvalue weighted by molar-refractivity contribution is 5.32. The number of hydrogen-bond acceptors (Lipinski definition) is 1. The summed E-state index contributed by atoms with van der Waals surface area (Å²) in [5.41, 5.74) is 4.30. The Labute approximate surface area is 92.9 Å². The summed E-state index contributed by atoms with van der Waals surface area (Å²) in [6.07, 6.45) is 4.30. The fraction of sp³-hybridized carbons (Fsp3) is 0.571. The molecule has 1 aliphatic carbocycles. The third-order valence-corrected chi connectivity index (χ3v) is 3.69. The van der Waals surface area contributed by atoms with Gasteiger partial charge in [0.25, 0.3) is 0 Å². The van der Waals surface area contributed by atoms with Crippen LogP contribution in [0.3, 0.4) is 0 Å². The van der Waals surface area contributed by atoms with Gasteiger partial charge in [0.2, 0.25) is 0 Å². The van der Waals surface area contributed by atoms with Crippen molar-refractivity contribution in [1.29, 1.82) is 0 Å². The summed E-state index contributed by atoms with van der Waals surface area (Å²) in [4.78, 5) is 0. The second-order valence-corrected chi connectivity index (χ2v) is 4.79. The van der Waals surface area contributed by atoms with Crippen LogP contribution in [-0.4, -0.2) is 6.54 Å². The van der Waals surface area contributed by atoms with E-state index in [1.165, 1.54) is 42.5 Å². The van der Waals surface area contributed by atoms with Gasteiger partial charge < -0.3 is 5.32 Å². The number of benzene rings is 1. The molecule has 0 bridgehead atoms. The highest BCUT2D eigenvalue weighted by Gasteiger charge is 2.16. The normalized spacial score (nSPS) is 16.4. The zero-order chi connectivity index (χ0) is 10.7. The monoisotopic (exact) mass is 203 g/mol. The van der Waals surface area contributed by atoms with E-state index >= 15 is 0 Å². The average molecular weight is 203 g/mol. The van der Waals surface area contributed by atoms with Crippen LogP contribution < -0.4 is 5.32 Å². The summed E-state index contributed by atoms with van der Waals surface area (Å²) < 4.78 is 0. The van der Waals surface area contributed by atoms with Gasteiger partial charge >= 0.3 is 0 Å². The standard InChI is InChI=1S/C14H21N/c1-11-5-3-8-14(12(11)2)10-15-9-13-6-4-7-13/h3,5,8,13,15H,4,6-7,9-10H2,1-2H3. The Morgan fingerprint density at radius 3 is 2.73 bits per heavy atom. The molecule has 0 amide bonds. The maximum absolute atomic E-state index is 3.57. The van der Waals surface area contributed by atoms with Gasteiger partial charge in [-0.3, -0.25) is 0 Å². The highest BCUT2D eigenvalue weighted by Crippen LogP contribution is 2.25. The summed E-state index contributed by atoms with van der Waals surface area (Å²) >= 11 is 0. The van der Waals surface area contributed by atoms with Crippen molar-refractivity contribution >= 4 is 0 Å². The average Bonchev–Trinajstić information content (AvgIpc) is 2.16. The SMILES string of the molecule is Cc1cccc(CNCC2CCC2)c1C. The van der Waals surface area contributed by atoms with Crippen LogP contribution in [0, 0.1) is 19.8 Å². The van der Waals surface area contributed by atoms with Crippen LogP contribution in [0.2, 0.25) is 0 Å². The molecule has 1 saturated carbocycles. The minimum Gasteiger partial charge on any atom is -0.312 e.